The molecule has 0 amide bonds. The zero-order chi connectivity index (χ0) is 22.1. The molecule has 0 bridgehead atoms. The molecule has 2 N–H and O–H groups in total. The van der Waals surface area contributed by atoms with Crippen molar-refractivity contribution in [3.8, 4) is 0 Å². The second-order valence-corrected chi connectivity index (χ2v) is 9.33. The van der Waals surface area contributed by atoms with Crippen molar-refractivity contribution in [1.29, 1.82) is 0 Å². The number of thiophene rings is 1. The van der Waals surface area contributed by atoms with Crippen LogP contribution in [0, 0.1) is 12.8 Å². The molecular weight excluding hydrogens is 406 g/mol. The molecule has 7 heteroatoms. The molecule has 0 aromatic carbocycles. The molecule has 1 aliphatic heterocycles. The first-order valence-electron chi connectivity index (χ1n) is 11.5. The fourth-order valence-electron chi connectivity index (χ4n) is 4.42. The van der Waals surface area contributed by atoms with Gasteiger partial charge in [-0.1, -0.05) is 12.1 Å². The Morgan fingerprint density at radius 1 is 1.23 bits per heavy atom. The highest BCUT2D eigenvalue weighted by Crippen LogP contribution is 2.37. The maximum atomic E-state index is 12.0. The summed E-state index contributed by atoms with van der Waals surface area (Å²) in [6, 6.07) is 10.3. The van der Waals surface area contributed by atoms with Gasteiger partial charge in [0.1, 0.15) is 0 Å². The monoisotopic (exact) mass is 443 g/mol. The average molecular weight is 444 g/mol. The van der Waals surface area contributed by atoms with Gasteiger partial charge in [-0.3, -0.25) is 14.7 Å². The Bertz CT molecular complexity index is 876. The Labute approximate surface area is 190 Å². The van der Waals surface area contributed by atoms with Crippen LogP contribution in [0.5, 0.6) is 0 Å². The Kier molecular flexibility index (Phi) is 9.15. The zero-order valence-electron chi connectivity index (χ0n) is 19.1. The number of guanidine groups is 1. The largest absolute Gasteiger partial charge is 0.357 e. The molecule has 1 saturated heterocycles. The molecule has 6 nitrogen and oxygen atoms in total. The average Bonchev–Trinajstić information content (AvgIpc) is 3.28. The van der Waals surface area contributed by atoms with Gasteiger partial charge in [-0.15, -0.1) is 11.3 Å². The Hall–Kier alpha value is -2.12. The van der Waals surface area contributed by atoms with Crippen molar-refractivity contribution in [2.24, 2.45) is 10.9 Å². The number of aryl methyl sites for hydroxylation is 1. The highest BCUT2D eigenvalue weighted by atomic mass is 32.1. The maximum Gasteiger partial charge on any atom is 0.250 e. The van der Waals surface area contributed by atoms with E-state index in [1.807, 2.05) is 35.0 Å². The van der Waals surface area contributed by atoms with Crippen LogP contribution in [-0.4, -0.2) is 48.7 Å². The van der Waals surface area contributed by atoms with E-state index in [-0.39, 0.29) is 5.56 Å². The van der Waals surface area contributed by atoms with E-state index in [0.29, 0.717) is 12.0 Å². The van der Waals surface area contributed by atoms with Crippen LogP contribution in [0.2, 0.25) is 0 Å². The minimum absolute atomic E-state index is 0.0839. The molecule has 1 fully saturated rings. The Balaban J connectivity index is 1.50. The van der Waals surface area contributed by atoms with Crippen LogP contribution >= 0.6 is 11.3 Å². The quantitative estimate of drug-likeness (QED) is 0.353. The van der Waals surface area contributed by atoms with Gasteiger partial charge >= 0.3 is 0 Å². The Morgan fingerprint density at radius 3 is 2.84 bits per heavy atom. The van der Waals surface area contributed by atoms with Gasteiger partial charge in [0, 0.05) is 48.9 Å². The molecule has 31 heavy (non-hydrogen) atoms. The normalized spacial score (nSPS) is 20.0. The van der Waals surface area contributed by atoms with Gasteiger partial charge in [-0.2, -0.15) is 0 Å². The second-order valence-electron chi connectivity index (χ2n) is 8.35. The first kappa shape index (κ1) is 23.5. The van der Waals surface area contributed by atoms with Gasteiger partial charge in [0.2, 0.25) is 0 Å². The van der Waals surface area contributed by atoms with Crippen molar-refractivity contribution in [1.82, 2.24) is 20.1 Å². The van der Waals surface area contributed by atoms with E-state index in [9.17, 15) is 4.79 Å². The lowest BCUT2D eigenvalue weighted by Gasteiger charge is -2.38. The van der Waals surface area contributed by atoms with E-state index in [2.05, 4.69) is 47.0 Å². The lowest BCUT2D eigenvalue weighted by Crippen LogP contribution is -2.40. The Morgan fingerprint density at radius 2 is 2.10 bits per heavy atom. The van der Waals surface area contributed by atoms with Gasteiger partial charge in [0.25, 0.3) is 5.56 Å². The van der Waals surface area contributed by atoms with E-state index in [0.717, 1.165) is 57.2 Å². The van der Waals surface area contributed by atoms with E-state index in [1.165, 1.54) is 17.7 Å². The summed E-state index contributed by atoms with van der Waals surface area (Å²) in [6.45, 7) is 8.55. The molecule has 2 atom stereocenters. The van der Waals surface area contributed by atoms with Crippen LogP contribution in [0.1, 0.15) is 49.2 Å². The number of nitrogens with zero attached hydrogens (tertiary/aromatic N) is 3. The van der Waals surface area contributed by atoms with Gasteiger partial charge in [-0.05, 0) is 76.6 Å². The topological polar surface area (TPSA) is 61.7 Å². The minimum atomic E-state index is 0.0839. The lowest BCUT2D eigenvalue weighted by molar-refractivity contribution is 0.128. The maximum absolute atomic E-state index is 12.0. The molecule has 2 unspecified atom stereocenters. The number of rotatable bonds is 9. The van der Waals surface area contributed by atoms with E-state index in [1.54, 1.807) is 6.07 Å². The van der Waals surface area contributed by atoms with E-state index < -0.39 is 0 Å². The van der Waals surface area contributed by atoms with Crippen molar-refractivity contribution < 1.29 is 0 Å². The summed E-state index contributed by atoms with van der Waals surface area (Å²) in [7, 11) is 2.24. The molecule has 2 aromatic rings. The summed E-state index contributed by atoms with van der Waals surface area (Å²) in [5.74, 6) is 1.44. The summed E-state index contributed by atoms with van der Waals surface area (Å²) >= 11 is 1.86. The van der Waals surface area contributed by atoms with Crippen LogP contribution in [0.25, 0.3) is 0 Å². The third kappa shape index (κ3) is 6.68. The lowest BCUT2D eigenvalue weighted by atomic mass is 9.88. The smallest absolute Gasteiger partial charge is 0.250 e. The summed E-state index contributed by atoms with van der Waals surface area (Å²) in [4.78, 5) is 20.9. The summed E-state index contributed by atoms with van der Waals surface area (Å²) in [6.07, 6.45) is 4.42. The van der Waals surface area contributed by atoms with Crippen molar-refractivity contribution in [3.63, 3.8) is 0 Å². The highest BCUT2D eigenvalue weighted by Gasteiger charge is 2.31. The zero-order valence-corrected chi connectivity index (χ0v) is 20.0. The standard InChI is InChI=1S/C24H37N5OS/c1-4-25-24(26-14-5-6-16-29-19(2)10-7-13-22(29)30)27-18-20-11-8-15-28(3)23(20)21-12-9-17-31-21/h7,9-10,12-13,17,20,23H,4-6,8,11,14-16,18H2,1-3H3,(H2,25,26,27). The van der Waals surface area contributed by atoms with Gasteiger partial charge < -0.3 is 15.2 Å². The number of piperidine rings is 1. The van der Waals surface area contributed by atoms with Crippen molar-refractivity contribution >= 4 is 17.3 Å². The fraction of sp³-hybridized carbons (Fsp3) is 0.583. The fourth-order valence-corrected chi connectivity index (χ4v) is 5.41. The molecule has 170 valence electrons. The number of pyridine rings is 1. The third-order valence-electron chi connectivity index (χ3n) is 6.04. The number of nitrogens with one attached hydrogen (secondary N) is 2. The number of hydrogen-bond acceptors (Lipinski definition) is 4. The number of aromatic nitrogens is 1. The van der Waals surface area contributed by atoms with Crippen molar-refractivity contribution in [3.05, 3.63) is 56.6 Å². The number of likely N-dealkylation sites (tertiary alicyclic amines) is 1. The molecule has 0 radical (unpaired) electrons. The van der Waals surface area contributed by atoms with Crippen molar-refractivity contribution in [2.75, 3.05) is 33.2 Å². The predicted molar refractivity (Wildman–Crippen MR) is 131 cm³/mol. The molecule has 2 aromatic heterocycles. The molecule has 3 rings (SSSR count). The van der Waals surface area contributed by atoms with Crippen LogP contribution in [-0.2, 0) is 6.54 Å². The van der Waals surface area contributed by atoms with Gasteiger partial charge in [0.05, 0.1) is 0 Å². The number of unbranched alkanes of at least 4 members (excludes halogenated alkanes) is 1. The molecule has 3 heterocycles. The first-order chi connectivity index (χ1) is 15.1. The summed E-state index contributed by atoms with van der Waals surface area (Å²) in [5, 5.41) is 9.03. The van der Waals surface area contributed by atoms with Crippen LogP contribution < -0.4 is 16.2 Å². The third-order valence-corrected chi connectivity index (χ3v) is 6.98. The van der Waals surface area contributed by atoms with Crippen LogP contribution in [0.3, 0.4) is 0 Å². The van der Waals surface area contributed by atoms with Gasteiger partial charge in [-0.25, -0.2) is 0 Å². The second kappa shape index (κ2) is 12.1. The minimum Gasteiger partial charge on any atom is -0.357 e. The molecule has 1 aliphatic rings. The molecule has 0 spiro atoms. The SMILES string of the molecule is CCNC(=NCC1CCCN(C)C1c1cccs1)NCCCCn1c(C)cccc1=O. The van der Waals surface area contributed by atoms with Crippen LogP contribution in [0.4, 0.5) is 0 Å². The molecule has 0 saturated carbocycles. The predicted octanol–water partition coefficient (Wildman–Crippen LogP) is 3.64. The van der Waals surface area contributed by atoms with E-state index >= 15 is 0 Å². The molecular formula is C24H37N5OS. The van der Waals surface area contributed by atoms with E-state index in [4.69, 9.17) is 4.99 Å². The number of hydrogen-bond donors (Lipinski definition) is 2. The summed E-state index contributed by atoms with van der Waals surface area (Å²) < 4.78 is 1.85. The molecule has 0 aliphatic carbocycles. The first-order valence-corrected chi connectivity index (χ1v) is 12.4. The van der Waals surface area contributed by atoms with Gasteiger partial charge in [0.15, 0.2) is 5.96 Å². The van der Waals surface area contributed by atoms with Crippen molar-refractivity contribution in [2.45, 2.75) is 52.1 Å². The highest BCUT2D eigenvalue weighted by molar-refractivity contribution is 7.10. The van der Waals surface area contributed by atoms with Crippen LogP contribution in [0.15, 0.2) is 45.5 Å². The summed E-state index contributed by atoms with van der Waals surface area (Å²) in [5.41, 5.74) is 1.11. The number of aliphatic imine (C=N–C) groups is 1.